The van der Waals surface area contributed by atoms with Gasteiger partial charge in [-0.05, 0) is 36.2 Å². The fraction of sp³-hybridized carbons (Fsp3) is 0.0588. The fourth-order valence-corrected chi connectivity index (χ4v) is 2.95. The molecule has 0 atom stereocenters. The summed E-state index contributed by atoms with van der Waals surface area (Å²) >= 11 is 1.43. The van der Waals surface area contributed by atoms with Crippen LogP contribution in [-0.2, 0) is 7.05 Å². The molecule has 2 N–H and O–H groups in total. The van der Waals surface area contributed by atoms with Crippen LogP contribution >= 0.6 is 11.9 Å². The van der Waals surface area contributed by atoms with Crippen molar-refractivity contribution in [1.29, 1.82) is 0 Å². The topological polar surface area (TPSA) is 54.8 Å². The van der Waals surface area contributed by atoms with Gasteiger partial charge < -0.3 is 4.72 Å². The molecule has 7 heteroatoms. The van der Waals surface area contributed by atoms with Crippen LogP contribution in [0.1, 0.15) is 5.69 Å². The number of para-hydroxylation sites is 1. The van der Waals surface area contributed by atoms with Crippen molar-refractivity contribution < 1.29 is 4.48 Å². The summed E-state index contributed by atoms with van der Waals surface area (Å²) in [5, 5.41) is 5.34. The maximum Gasteiger partial charge on any atom is 0.0918 e. The first kappa shape index (κ1) is 16.1. The summed E-state index contributed by atoms with van der Waals surface area (Å²) in [6.45, 7) is 3.55. The Kier molecular flexibility index (Phi) is 4.81. The van der Waals surface area contributed by atoms with Crippen LogP contribution in [0.4, 0.5) is 10.2 Å². The zero-order valence-electron chi connectivity index (χ0n) is 13.0. The minimum atomic E-state index is 0.272. The Balaban J connectivity index is 1.76. The van der Waals surface area contributed by atoms with E-state index in [4.69, 9.17) is 0 Å². The van der Waals surface area contributed by atoms with E-state index in [0.717, 1.165) is 21.5 Å². The molecule has 0 spiro atoms. The number of allylic oxidation sites excluding steroid dienone is 2. The number of aryl methyl sites for hydroxylation is 1. The summed E-state index contributed by atoms with van der Waals surface area (Å²) < 4.78 is 17.9. The lowest BCUT2D eigenvalue weighted by atomic mass is 10.2. The molecule has 3 aromatic rings. The summed E-state index contributed by atoms with van der Waals surface area (Å²) in [4.78, 5) is 5.17. The minimum absolute atomic E-state index is 0.272. The van der Waals surface area contributed by atoms with E-state index >= 15 is 0 Å². The second-order valence-electron chi connectivity index (χ2n) is 5.01. The molecular weight excluding hydrogens is 325 g/mol. The summed E-state index contributed by atoms with van der Waals surface area (Å²) in [5.74, 6) is 0. The van der Waals surface area contributed by atoms with E-state index in [9.17, 15) is 4.48 Å². The summed E-state index contributed by atoms with van der Waals surface area (Å²) in [5.41, 5.74) is 4.40. The van der Waals surface area contributed by atoms with Gasteiger partial charge in [0.25, 0.3) is 0 Å². The van der Waals surface area contributed by atoms with E-state index in [1.54, 1.807) is 17.8 Å². The average molecular weight is 341 g/mol. The van der Waals surface area contributed by atoms with Crippen molar-refractivity contribution in [3.8, 4) is 0 Å². The van der Waals surface area contributed by atoms with Gasteiger partial charge in [-0.15, -0.1) is 4.48 Å². The lowest BCUT2D eigenvalue weighted by Crippen LogP contribution is -2.01. The smallest absolute Gasteiger partial charge is 0.0918 e. The molecule has 5 nitrogen and oxygen atoms in total. The Morgan fingerprint density at radius 3 is 2.88 bits per heavy atom. The van der Waals surface area contributed by atoms with Crippen LogP contribution < -0.4 is 10.3 Å². The highest BCUT2D eigenvalue weighted by atomic mass is 32.2. The van der Waals surface area contributed by atoms with E-state index in [-0.39, 0.29) is 5.70 Å². The molecule has 0 saturated heterocycles. The maximum atomic E-state index is 12.7. The van der Waals surface area contributed by atoms with Gasteiger partial charge in [-0.2, -0.15) is 5.10 Å². The number of pyridine rings is 1. The first-order chi connectivity index (χ1) is 11.7. The second-order valence-corrected chi connectivity index (χ2v) is 5.89. The highest BCUT2D eigenvalue weighted by molar-refractivity contribution is 8.00. The van der Waals surface area contributed by atoms with Gasteiger partial charge in [-0.3, -0.25) is 9.67 Å². The fourth-order valence-electron chi connectivity index (χ4n) is 2.31. The predicted octanol–water partition coefficient (Wildman–Crippen LogP) is 4.09. The van der Waals surface area contributed by atoms with Crippen molar-refractivity contribution >= 4 is 34.2 Å². The number of hydrogen-bond donors (Lipinski definition) is 2. The van der Waals surface area contributed by atoms with E-state index in [2.05, 4.69) is 21.4 Å². The van der Waals surface area contributed by atoms with Crippen LogP contribution in [0.5, 0.6) is 0 Å². The first-order valence-electron chi connectivity index (χ1n) is 7.22. The normalized spacial score (nSPS) is 11.5. The van der Waals surface area contributed by atoms with Gasteiger partial charge >= 0.3 is 0 Å². The summed E-state index contributed by atoms with van der Waals surface area (Å²) in [6.07, 6.45) is 6.54. The molecule has 0 aliphatic heterocycles. The Bertz CT molecular complexity index is 886. The highest BCUT2D eigenvalue weighted by Gasteiger charge is 2.07. The molecule has 2 heterocycles. The molecule has 0 aliphatic rings. The maximum absolute atomic E-state index is 12.7. The standard InChI is InChI=1S/C17H16FN5S/c1-3-5-15(21-18)14-9-8-13(11-19-14)24-22-16-7-4-6-12-10-20-23(2)17(12)16/h3-11,21-22H,1H2,2H3/b15-5-. The van der Waals surface area contributed by atoms with Crippen molar-refractivity contribution in [1.82, 2.24) is 20.3 Å². The van der Waals surface area contributed by atoms with Crippen molar-refractivity contribution in [2.24, 2.45) is 7.05 Å². The van der Waals surface area contributed by atoms with Gasteiger partial charge in [0.2, 0.25) is 0 Å². The first-order valence-corrected chi connectivity index (χ1v) is 8.04. The average Bonchev–Trinajstić information content (AvgIpc) is 3.00. The van der Waals surface area contributed by atoms with Crippen molar-refractivity contribution in [3.05, 3.63) is 67.2 Å². The number of benzene rings is 1. The van der Waals surface area contributed by atoms with E-state index in [0.29, 0.717) is 5.69 Å². The Hall–Kier alpha value is -2.80. The zero-order chi connectivity index (χ0) is 16.9. The number of anilines is 1. The lowest BCUT2D eigenvalue weighted by molar-refractivity contribution is 0.419. The van der Waals surface area contributed by atoms with Crippen LogP contribution in [0.2, 0.25) is 0 Å². The summed E-state index contributed by atoms with van der Waals surface area (Å²) in [7, 11) is 1.91. The van der Waals surface area contributed by atoms with Gasteiger partial charge in [0.1, 0.15) is 0 Å². The third-order valence-electron chi connectivity index (χ3n) is 3.44. The molecule has 3 rings (SSSR count). The number of fused-ring (bicyclic) bond motifs is 1. The number of halogens is 1. The summed E-state index contributed by atoms with van der Waals surface area (Å²) in [6, 6.07) is 9.62. The predicted molar refractivity (Wildman–Crippen MR) is 96.8 cm³/mol. The van der Waals surface area contributed by atoms with Crippen LogP contribution in [0.25, 0.3) is 16.6 Å². The molecule has 24 heavy (non-hydrogen) atoms. The lowest BCUT2D eigenvalue weighted by Gasteiger charge is -2.08. The third-order valence-corrected chi connectivity index (χ3v) is 4.24. The molecule has 0 unspecified atom stereocenters. The quantitative estimate of drug-likeness (QED) is 0.402. The van der Waals surface area contributed by atoms with Crippen LogP contribution in [0, 0.1) is 0 Å². The molecule has 1 aromatic carbocycles. The number of nitrogens with zero attached hydrogens (tertiary/aromatic N) is 3. The highest BCUT2D eigenvalue weighted by Crippen LogP contribution is 2.27. The van der Waals surface area contributed by atoms with E-state index in [1.807, 2.05) is 42.2 Å². The van der Waals surface area contributed by atoms with Crippen LogP contribution in [0.3, 0.4) is 0 Å². The molecule has 2 aromatic heterocycles. The number of nitrogens with one attached hydrogen (secondary N) is 2. The Morgan fingerprint density at radius 1 is 1.29 bits per heavy atom. The van der Waals surface area contributed by atoms with Crippen molar-refractivity contribution in [3.63, 3.8) is 0 Å². The molecule has 0 amide bonds. The second kappa shape index (κ2) is 7.18. The molecule has 0 saturated carbocycles. The zero-order valence-corrected chi connectivity index (χ0v) is 13.8. The molecule has 122 valence electrons. The van der Waals surface area contributed by atoms with Crippen LogP contribution in [0.15, 0.2) is 66.4 Å². The van der Waals surface area contributed by atoms with Gasteiger partial charge in [-0.1, -0.05) is 24.8 Å². The van der Waals surface area contributed by atoms with Gasteiger partial charge in [0, 0.05) is 23.5 Å². The van der Waals surface area contributed by atoms with Crippen LogP contribution in [-0.4, -0.2) is 14.8 Å². The monoisotopic (exact) mass is 341 g/mol. The molecule has 0 radical (unpaired) electrons. The molecule has 0 fully saturated rings. The van der Waals surface area contributed by atoms with Crippen molar-refractivity contribution in [2.75, 3.05) is 4.72 Å². The Morgan fingerprint density at radius 2 is 2.17 bits per heavy atom. The van der Waals surface area contributed by atoms with E-state index in [1.165, 1.54) is 24.1 Å². The third kappa shape index (κ3) is 3.26. The Labute approximate surface area is 143 Å². The molecule has 0 aliphatic carbocycles. The van der Waals surface area contributed by atoms with Gasteiger partial charge in [0.15, 0.2) is 0 Å². The van der Waals surface area contributed by atoms with Gasteiger partial charge in [0.05, 0.1) is 28.8 Å². The van der Waals surface area contributed by atoms with Gasteiger partial charge in [-0.25, -0.2) is 5.54 Å². The van der Waals surface area contributed by atoms with E-state index < -0.39 is 0 Å². The number of rotatable bonds is 6. The van der Waals surface area contributed by atoms with Crippen molar-refractivity contribution in [2.45, 2.75) is 4.90 Å². The number of hydrogen-bond acceptors (Lipinski definition) is 5. The minimum Gasteiger partial charge on any atom is -0.324 e. The largest absolute Gasteiger partial charge is 0.324 e. The molecular formula is C17H16FN5S. The SMILES string of the molecule is C=C/C=C(\NF)c1ccc(SNc2cccc3cnn(C)c23)cn1. The number of aromatic nitrogens is 3. The molecule has 0 bridgehead atoms.